The van der Waals surface area contributed by atoms with Gasteiger partial charge in [0.2, 0.25) is 0 Å². The van der Waals surface area contributed by atoms with Gasteiger partial charge in [0.25, 0.3) is 0 Å². The number of hydrogen-bond donors (Lipinski definition) is 5. The minimum absolute atomic E-state index is 0.160. The molecule has 1 saturated heterocycles. The van der Waals surface area contributed by atoms with Crippen LogP contribution in [0.5, 0.6) is 11.5 Å². The van der Waals surface area contributed by atoms with E-state index in [2.05, 4.69) is 33.6 Å². The highest BCUT2D eigenvalue weighted by Gasteiger charge is 2.64. The monoisotopic (exact) mass is 589 g/mol. The van der Waals surface area contributed by atoms with E-state index in [1.165, 1.54) is 23.3 Å². The fourth-order valence-corrected chi connectivity index (χ4v) is 6.99. The van der Waals surface area contributed by atoms with Crippen molar-refractivity contribution < 1.29 is 28.9 Å². The zero-order valence-electron chi connectivity index (χ0n) is 24.1. The van der Waals surface area contributed by atoms with Crippen molar-refractivity contribution >= 4 is 23.4 Å². The van der Waals surface area contributed by atoms with Crippen molar-refractivity contribution in [2.75, 3.05) is 36.6 Å². The molecule has 226 valence electrons. The van der Waals surface area contributed by atoms with Gasteiger partial charge in [0, 0.05) is 29.5 Å². The number of phenols is 1. The molecule has 43 heavy (non-hydrogen) atoms. The summed E-state index contributed by atoms with van der Waals surface area (Å²) in [5.41, 5.74) is 9.37. The molecule has 0 saturated carbocycles. The number of aromatic hydroxyl groups is 1. The van der Waals surface area contributed by atoms with Crippen molar-refractivity contribution in [3.8, 4) is 11.5 Å². The number of rotatable bonds is 5. The van der Waals surface area contributed by atoms with E-state index in [0.29, 0.717) is 35.8 Å². The van der Waals surface area contributed by atoms with Gasteiger partial charge in [-0.2, -0.15) is 0 Å². The Balaban J connectivity index is 0.000000153. The average molecular weight is 590 g/mol. The van der Waals surface area contributed by atoms with Crippen LogP contribution in [-0.2, 0) is 23.1 Å². The maximum atomic E-state index is 12.8. The van der Waals surface area contributed by atoms with Gasteiger partial charge in [0.05, 0.1) is 12.3 Å². The lowest BCUT2D eigenvalue weighted by Gasteiger charge is -2.56. The summed E-state index contributed by atoms with van der Waals surface area (Å²) < 4.78 is 23.7. The summed E-state index contributed by atoms with van der Waals surface area (Å²) in [6, 6.07) is 13.7. The number of phenolic OH excluding ortho intramolecular Hbond substituents is 1. The third-order valence-corrected chi connectivity index (χ3v) is 8.97. The average Bonchev–Trinajstić information content (AvgIpc) is 3.35. The third kappa shape index (κ3) is 5.12. The first kappa shape index (κ1) is 28.8. The van der Waals surface area contributed by atoms with Gasteiger partial charge in [-0.1, -0.05) is 30.4 Å². The van der Waals surface area contributed by atoms with E-state index >= 15 is 0 Å². The Morgan fingerprint density at radius 1 is 1.21 bits per heavy atom. The number of aliphatic hydroxyl groups excluding tert-OH is 1. The molecule has 10 nitrogen and oxygen atoms in total. The van der Waals surface area contributed by atoms with Crippen molar-refractivity contribution in [3.63, 3.8) is 0 Å². The quantitative estimate of drug-likeness (QED) is 0.277. The van der Waals surface area contributed by atoms with Crippen LogP contribution in [0, 0.1) is 11.7 Å². The van der Waals surface area contributed by atoms with Crippen molar-refractivity contribution in [1.82, 2.24) is 9.88 Å². The predicted molar refractivity (Wildman–Crippen MR) is 161 cm³/mol. The number of likely N-dealkylation sites (tertiary alicyclic amines) is 1. The molecule has 2 aliphatic carbocycles. The molecule has 6 N–H and O–H groups in total. The number of nitrogen functional groups attached to an aromatic ring is 1. The number of pyridine rings is 1. The van der Waals surface area contributed by atoms with E-state index in [9.17, 15) is 19.4 Å². The number of nitrogens with one attached hydrogen (secondary N) is 2. The number of nitrogens with two attached hydrogens (primary N) is 1. The lowest BCUT2D eigenvalue weighted by atomic mass is 9.53. The van der Waals surface area contributed by atoms with Gasteiger partial charge in [-0.25, -0.2) is 14.2 Å². The fourth-order valence-electron chi connectivity index (χ4n) is 6.99. The zero-order valence-corrected chi connectivity index (χ0v) is 24.1. The first-order valence-corrected chi connectivity index (χ1v) is 14.5. The molecule has 1 amide bonds. The van der Waals surface area contributed by atoms with E-state index < -0.39 is 12.2 Å². The number of likely N-dealkylation sites (N-methyl/N-ethyl adjacent to an activating group) is 1. The Bertz CT molecular complexity index is 1550. The van der Waals surface area contributed by atoms with Crippen LogP contribution in [0.15, 0.2) is 60.7 Å². The fraction of sp³-hybridized carbons (Fsp3) is 0.375. The highest BCUT2D eigenvalue weighted by molar-refractivity contribution is 5.88. The van der Waals surface area contributed by atoms with Crippen LogP contribution >= 0.6 is 0 Å². The molecule has 4 aliphatic rings. The van der Waals surface area contributed by atoms with Gasteiger partial charge in [-0.3, -0.25) is 5.32 Å². The summed E-state index contributed by atoms with van der Waals surface area (Å²) >= 11 is 0. The molecule has 7 rings (SSSR count). The number of piperidine rings is 1. The molecule has 2 aromatic carbocycles. The van der Waals surface area contributed by atoms with E-state index in [1.807, 2.05) is 12.1 Å². The number of nitrogens with zero attached hydrogens (tertiary/aromatic N) is 2. The van der Waals surface area contributed by atoms with Crippen LogP contribution in [0.25, 0.3) is 0 Å². The molecule has 3 aromatic rings. The van der Waals surface area contributed by atoms with E-state index in [-0.39, 0.29) is 35.5 Å². The minimum atomic E-state index is -0.594. The molecule has 0 radical (unpaired) electrons. The molecule has 3 heterocycles. The lowest BCUT2D eigenvalue weighted by Crippen LogP contribution is -2.64. The number of ether oxygens (including phenoxy) is 2. The first-order chi connectivity index (χ1) is 20.7. The molecule has 11 heteroatoms. The number of carbonyl (C=O) groups excluding carboxylic acids is 1. The van der Waals surface area contributed by atoms with Crippen LogP contribution in [0.3, 0.4) is 0 Å². The van der Waals surface area contributed by atoms with Crippen molar-refractivity contribution in [2.45, 2.75) is 50.0 Å². The maximum Gasteiger partial charge on any atom is 0.411 e. The van der Waals surface area contributed by atoms with Crippen LogP contribution < -0.4 is 21.1 Å². The summed E-state index contributed by atoms with van der Waals surface area (Å²) in [7, 11) is 2.19. The minimum Gasteiger partial charge on any atom is -0.504 e. The molecule has 0 unspecified atom stereocenters. The molecular weight excluding hydrogens is 553 g/mol. The van der Waals surface area contributed by atoms with Crippen LogP contribution in [0.1, 0.15) is 30.0 Å². The largest absolute Gasteiger partial charge is 0.504 e. The predicted octanol–water partition coefficient (Wildman–Crippen LogP) is 4.18. The zero-order chi connectivity index (χ0) is 30.3. The molecular formula is C32H36FN5O5. The van der Waals surface area contributed by atoms with Gasteiger partial charge in [-0.05, 0) is 74.8 Å². The first-order valence-electron chi connectivity index (χ1n) is 14.5. The number of amides is 1. The molecule has 2 aliphatic heterocycles. The van der Waals surface area contributed by atoms with Crippen LogP contribution in [-0.4, -0.2) is 64.6 Å². The molecule has 5 atom stereocenters. The number of aromatic nitrogens is 1. The Morgan fingerprint density at radius 3 is 2.74 bits per heavy atom. The van der Waals surface area contributed by atoms with Crippen molar-refractivity contribution in [3.05, 3.63) is 83.2 Å². The molecule has 1 fully saturated rings. The van der Waals surface area contributed by atoms with Crippen molar-refractivity contribution in [2.24, 2.45) is 5.92 Å². The van der Waals surface area contributed by atoms with Gasteiger partial charge < -0.3 is 35.6 Å². The number of anilines is 3. The van der Waals surface area contributed by atoms with Gasteiger partial charge in [0.15, 0.2) is 11.5 Å². The number of aliphatic hydroxyl groups is 1. The Labute approximate surface area is 249 Å². The van der Waals surface area contributed by atoms with Crippen LogP contribution in [0.2, 0.25) is 0 Å². The second kappa shape index (κ2) is 11.4. The summed E-state index contributed by atoms with van der Waals surface area (Å²) in [6.07, 6.45) is 4.60. The number of benzene rings is 2. The van der Waals surface area contributed by atoms with Gasteiger partial charge >= 0.3 is 6.09 Å². The summed E-state index contributed by atoms with van der Waals surface area (Å²) in [5.74, 6) is 1.64. The Morgan fingerprint density at radius 2 is 2.00 bits per heavy atom. The Hall–Kier alpha value is -4.35. The smallest absolute Gasteiger partial charge is 0.411 e. The standard InChI is InChI=1S/C17H19NO3.C15H17FN4O2/c1-18-7-6-17-10-3-5-13(20)16(17)21-15-12(19)4-2-9(14(15)17)8-11(10)18;1-2-22-15(21)19-12-7-8-13(20-14(12)17)18-9-10-3-5-11(16)6-4-10/h2-5,10-11,13,16,19-20H,6-8H2,1H3;3-8H,2,9H2,1H3,(H,19,21)(H3,17,18,20)/t10-,11+,13-,16-,17-;/m0./s1. The summed E-state index contributed by atoms with van der Waals surface area (Å²) in [6.45, 7) is 3.48. The number of hydrogen-bond acceptors (Lipinski definition) is 9. The normalized spacial score (nSPS) is 26.0. The highest BCUT2D eigenvalue weighted by atomic mass is 19.1. The SMILES string of the molecule is CCOC(=O)Nc1ccc(NCc2ccc(F)cc2)nc1N.CN1CC[C@]23c4c5ccc(O)c4O[C@H]2[C@@H](O)C=C[C@H]3[C@H]1C5. The van der Waals surface area contributed by atoms with E-state index in [4.69, 9.17) is 15.2 Å². The number of carbonyl (C=O) groups is 1. The second-order valence-electron chi connectivity index (χ2n) is 11.4. The van der Waals surface area contributed by atoms with Crippen LogP contribution in [0.4, 0.5) is 26.5 Å². The summed E-state index contributed by atoms with van der Waals surface area (Å²) in [5, 5.41) is 26.2. The molecule has 2 bridgehead atoms. The Kier molecular flexibility index (Phi) is 7.61. The third-order valence-electron chi connectivity index (χ3n) is 8.97. The second-order valence-corrected chi connectivity index (χ2v) is 11.4. The van der Waals surface area contributed by atoms with Gasteiger partial charge in [-0.15, -0.1) is 0 Å². The van der Waals surface area contributed by atoms with E-state index in [1.54, 1.807) is 37.3 Å². The molecule has 1 aromatic heterocycles. The lowest BCUT2D eigenvalue weighted by molar-refractivity contribution is -0.0453. The molecule has 1 spiro atoms. The van der Waals surface area contributed by atoms with Crippen molar-refractivity contribution in [1.29, 1.82) is 0 Å². The topological polar surface area (TPSA) is 142 Å². The number of halogens is 1. The maximum absolute atomic E-state index is 12.8. The highest BCUT2D eigenvalue weighted by Crippen LogP contribution is 2.62. The summed E-state index contributed by atoms with van der Waals surface area (Å²) in [4.78, 5) is 17.9. The van der Waals surface area contributed by atoms with E-state index in [0.717, 1.165) is 24.9 Å². The van der Waals surface area contributed by atoms with Gasteiger partial charge in [0.1, 0.15) is 29.7 Å².